The number of aromatic nitrogens is 3. The van der Waals surface area contributed by atoms with Gasteiger partial charge < -0.3 is 10.3 Å². The molecule has 1 aliphatic rings. The SMILES string of the molecule is Cc1cccc(C)c1-c1nccc(-c2cc3c([nH]2)CCNC3=O)n1. The van der Waals surface area contributed by atoms with E-state index in [0.29, 0.717) is 17.9 Å². The number of carbonyl (C=O) groups excluding carboxylic acids is 1. The van der Waals surface area contributed by atoms with Gasteiger partial charge in [-0.2, -0.15) is 0 Å². The average molecular weight is 318 g/mol. The zero-order chi connectivity index (χ0) is 16.7. The van der Waals surface area contributed by atoms with Crippen molar-refractivity contribution in [1.29, 1.82) is 0 Å². The van der Waals surface area contributed by atoms with Crippen molar-refractivity contribution in [1.82, 2.24) is 20.3 Å². The first kappa shape index (κ1) is 14.6. The molecule has 2 aromatic heterocycles. The Morgan fingerprint density at radius 2 is 1.92 bits per heavy atom. The fourth-order valence-electron chi connectivity index (χ4n) is 3.23. The summed E-state index contributed by atoms with van der Waals surface area (Å²) in [6.07, 6.45) is 2.58. The van der Waals surface area contributed by atoms with E-state index in [1.54, 1.807) is 6.20 Å². The van der Waals surface area contributed by atoms with Crippen molar-refractivity contribution >= 4 is 5.91 Å². The number of nitrogens with one attached hydrogen (secondary N) is 2. The normalized spacial score (nSPS) is 13.5. The highest BCUT2D eigenvalue weighted by Gasteiger charge is 2.20. The Morgan fingerprint density at radius 3 is 2.67 bits per heavy atom. The maximum absolute atomic E-state index is 11.9. The molecule has 120 valence electrons. The standard InChI is InChI=1S/C19H18N4O/c1-11-4-3-5-12(2)17(11)18-20-8-7-15(23-18)16-10-13-14(22-16)6-9-21-19(13)24/h3-5,7-8,10,22H,6,9H2,1-2H3,(H,21,24). The van der Waals surface area contributed by atoms with E-state index in [9.17, 15) is 4.79 Å². The molecule has 5 nitrogen and oxygen atoms in total. The summed E-state index contributed by atoms with van der Waals surface area (Å²) in [7, 11) is 0. The summed E-state index contributed by atoms with van der Waals surface area (Å²) in [5.41, 5.74) is 6.70. The Morgan fingerprint density at radius 1 is 1.12 bits per heavy atom. The van der Waals surface area contributed by atoms with E-state index in [-0.39, 0.29) is 5.91 Å². The number of aryl methyl sites for hydroxylation is 2. The van der Waals surface area contributed by atoms with Gasteiger partial charge in [-0.25, -0.2) is 9.97 Å². The number of hydrogen-bond acceptors (Lipinski definition) is 3. The number of benzene rings is 1. The molecular weight excluding hydrogens is 300 g/mol. The van der Waals surface area contributed by atoms with Crippen LogP contribution in [0.4, 0.5) is 0 Å². The summed E-state index contributed by atoms with van der Waals surface area (Å²) in [4.78, 5) is 24.5. The second kappa shape index (κ2) is 5.60. The Kier molecular flexibility index (Phi) is 3.41. The summed E-state index contributed by atoms with van der Waals surface area (Å²) in [5.74, 6) is 0.683. The predicted molar refractivity (Wildman–Crippen MR) is 92.8 cm³/mol. The summed E-state index contributed by atoms with van der Waals surface area (Å²) in [5, 5.41) is 2.86. The predicted octanol–water partition coefficient (Wildman–Crippen LogP) is 3.04. The van der Waals surface area contributed by atoms with Gasteiger partial charge >= 0.3 is 0 Å². The van der Waals surface area contributed by atoms with Crippen LogP contribution in [0.1, 0.15) is 27.2 Å². The number of carbonyl (C=O) groups is 1. The van der Waals surface area contributed by atoms with E-state index in [4.69, 9.17) is 4.98 Å². The van der Waals surface area contributed by atoms with Gasteiger partial charge in [-0.1, -0.05) is 18.2 Å². The topological polar surface area (TPSA) is 70.7 Å². The van der Waals surface area contributed by atoms with E-state index < -0.39 is 0 Å². The maximum Gasteiger partial charge on any atom is 0.253 e. The highest BCUT2D eigenvalue weighted by Crippen LogP contribution is 2.27. The van der Waals surface area contributed by atoms with Crippen molar-refractivity contribution in [2.24, 2.45) is 0 Å². The Balaban J connectivity index is 1.80. The Bertz CT molecular complexity index is 922. The fraction of sp³-hybridized carbons (Fsp3) is 0.211. The lowest BCUT2D eigenvalue weighted by Gasteiger charge is -2.11. The molecule has 0 aliphatic carbocycles. The van der Waals surface area contributed by atoms with Crippen LogP contribution in [0.2, 0.25) is 0 Å². The first-order chi connectivity index (χ1) is 11.6. The van der Waals surface area contributed by atoms with Crippen molar-refractivity contribution in [2.45, 2.75) is 20.3 Å². The van der Waals surface area contributed by atoms with Gasteiger partial charge in [0.2, 0.25) is 0 Å². The lowest BCUT2D eigenvalue weighted by Crippen LogP contribution is -2.31. The van der Waals surface area contributed by atoms with Gasteiger partial charge in [-0.15, -0.1) is 0 Å². The molecule has 0 fully saturated rings. The second-order valence-electron chi connectivity index (χ2n) is 6.11. The molecule has 0 saturated heterocycles. The Labute approximate surface area is 140 Å². The summed E-state index contributed by atoms with van der Waals surface area (Å²) in [6.45, 7) is 4.80. The highest BCUT2D eigenvalue weighted by atomic mass is 16.1. The molecule has 1 aromatic carbocycles. The minimum atomic E-state index is -0.0252. The molecule has 2 N–H and O–H groups in total. The number of rotatable bonds is 2. The van der Waals surface area contributed by atoms with Crippen LogP contribution in [0.3, 0.4) is 0 Å². The zero-order valence-electron chi connectivity index (χ0n) is 13.7. The minimum Gasteiger partial charge on any atom is -0.356 e. The third-order valence-electron chi connectivity index (χ3n) is 4.44. The van der Waals surface area contributed by atoms with E-state index >= 15 is 0 Å². The monoisotopic (exact) mass is 318 g/mol. The number of nitrogens with zero attached hydrogens (tertiary/aromatic N) is 2. The van der Waals surface area contributed by atoms with Gasteiger partial charge in [0.05, 0.1) is 17.0 Å². The van der Waals surface area contributed by atoms with Crippen LogP contribution in [0.25, 0.3) is 22.8 Å². The second-order valence-corrected chi connectivity index (χ2v) is 6.11. The quantitative estimate of drug-likeness (QED) is 0.763. The van der Waals surface area contributed by atoms with Crippen molar-refractivity contribution in [3.8, 4) is 22.8 Å². The molecule has 3 heterocycles. The maximum atomic E-state index is 11.9. The third kappa shape index (κ3) is 2.38. The third-order valence-corrected chi connectivity index (χ3v) is 4.44. The van der Waals surface area contributed by atoms with Crippen LogP contribution in [0.5, 0.6) is 0 Å². The number of H-pyrrole nitrogens is 1. The fourth-order valence-corrected chi connectivity index (χ4v) is 3.23. The average Bonchev–Trinajstić information content (AvgIpc) is 3.01. The molecule has 3 aromatic rings. The van der Waals surface area contributed by atoms with E-state index in [1.165, 1.54) is 0 Å². The Hall–Kier alpha value is -2.95. The number of aromatic amines is 1. The van der Waals surface area contributed by atoms with Crippen LogP contribution >= 0.6 is 0 Å². The molecule has 0 bridgehead atoms. The summed E-state index contributed by atoms with van der Waals surface area (Å²) in [6, 6.07) is 9.91. The van der Waals surface area contributed by atoms with E-state index in [2.05, 4.69) is 41.3 Å². The number of hydrogen-bond donors (Lipinski definition) is 2. The van der Waals surface area contributed by atoms with Crippen molar-refractivity contribution < 1.29 is 4.79 Å². The molecule has 5 heteroatoms. The summed E-state index contributed by atoms with van der Waals surface area (Å²) < 4.78 is 0. The van der Waals surface area contributed by atoms with Gasteiger partial charge in [-0.05, 0) is 37.1 Å². The van der Waals surface area contributed by atoms with Crippen LogP contribution in [0, 0.1) is 13.8 Å². The zero-order valence-corrected chi connectivity index (χ0v) is 13.7. The molecule has 0 spiro atoms. The lowest BCUT2D eigenvalue weighted by atomic mass is 10.0. The molecule has 0 saturated carbocycles. The van der Waals surface area contributed by atoms with Crippen molar-refractivity contribution in [3.05, 3.63) is 58.9 Å². The van der Waals surface area contributed by atoms with Crippen molar-refractivity contribution in [2.75, 3.05) is 6.54 Å². The highest BCUT2D eigenvalue weighted by molar-refractivity contribution is 5.97. The van der Waals surface area contributed by atoms with Crippen LogP contribution in [-0.4, -0.2) is 27.4 Å². The molecule has 0 unspecified atom stereocenters. The first-order valence-corrected chi connectivity index (χ1v) is 8.03. The van der Waals surface area contributed by atoms with Crippen LogP contribution < -0.4 is 5.32 Å². The van der Waals surface area contributed by atoms with E-state index in [1.807, 2.05) is 18.2 Å². The summed E-state index contributed by atoms with van der Waals surface area (Å²) >= 11 is 0. The molecule has 0 radical (unpaired) electrons. The minimum absolute atomic E-state index is 0.0252. The van der Waals surface area contributed by atoms with Gasteiger partial charge in [-0.3, -0.25) is 4.79 Å². The number of fused-ring (bicyclic) bond motifs is 1. The smallest absolute Gasteiger partial charge is 0.253 e. The molecule has 0 atom stereocenters. The molecule has 1 amide bonds. The van der Waals surface area contributed by atoms with Crippen LogP contribution in [0.15, 0.2) is 36.5 Å². The molecule has 1 aliphatic heterocycles. The van der Waals surface area contributed by atoms with Crippen molar-refractivity contribution in [3.63, 3.8) is 0 Å². The van der Waals surface area contributed by atoms with Crippen LogP contribution in [-0.2, 0) is 6.42 Å². The first-order valence-electron chi connectivity index (χ1n) is 8.03. The molecule has 24 heavy (non-hydrogen) atoms. The van der Waals surface area contributed by atoms with Gasteiger partial charge in [0.25, 0.3) is 5.91 Å². The lowest BCUT2D eigenvalue weighted by molar-refractivity contribution is 0.0946. The molecular formula is C19H18N4O. The van der Waals surface area contributed by atoms with Gasteiger partial charge in [0.15, 0.2) is 5.82 Å². The molecule has 4 rings (SSSR count). The largest absolute Gasteiger partial charge is 0.356 e. The van der Waals surface area contributed by atoms with E-state index in [0.717, 1.165) is 40.2 Å². The number of amides is 1. The van der Waals surface area contributed by atoms with Gasteiger partial charge in [0, 0.05) is 30.4 Å². The van der Waals surface area contributed by atoms with Gasteiger partial charge in [0.1, 0.15) is 0 Å².